The molecule has 1 unspecified atom stereocenters. The van der Waals surface area contributed by atoms with Gasteiger partial charge in [-0.2, -0.15) is 0 Å². The van der Waals surface area contributed by atoms with E-state index in [9.17, 15) is 14.7 Å². The largest absolute Gasteiger partial charge is 0.490 e. The number of nitrogens with zero attached hydrogens (tertiary/aromatic N) is 4. The number of ether oxygens (including phenoxy) is 2. The predicted molar refractivity (Wildman–Crippen MR) is 121 cm³/mol. The average molecular weight is 457 g/mol. The number of carboxylic acid groups (broad SMARTS) is 1. The number of hydrogen-bond donors (Lipinski definition) is 1. The first-order valence-corrected chi connectivity index (χ1v) is 11.6. The third-order valence-electron chi connectivity index (χ3n) is 6.88. The van der Waals surface area contributed by atoms with Gasteiger partial charge in [-0.15, -0.1) is 5.10 Å². The van der Waals surface area contributed by atoms with Gasteiger partial charge in [0.05, 0.1) is 12.0 Å². The van der Waals surface area contributed by atoms with Gasteiger partial charge in [0.1, 0.15) is 23.7 Å². The summed E-state index contributed by atoms with van der Waals surface area (Å²) in [5.74, 6) is 0.185. The van der Waals surface area contributed by atoms with Crippen LogP contribution in [0.3, 0.4) is 0 Å². The van der Waals surface area contributed by atoms with E-state index in [0.29, 0.717) is 35.9 Å². The van der Waals surface area contributed by atoms with Crippen molar-refractivity contribution in [3.63, 3.8) is 0 Å². The summed E-state index contributed by atoms with van der Waals surface area (Å²) in [5, 5.41) is 17.6. The molecule has 178 valence electrons. The fraction of sp³-hybridized carbons (Fsp3) is 0.583. The Kier molecular flexibility index (Phi) is 6.85. The Hall–Kier alpha value is -3.10. The Morgan fingerprint density at radius 2 is 1.94 bits per heavy atom. The molecule has 9 nitrogen and oxygen atoms in total. The minimum Gasteiger partial charge on any atom is -0.490 e. The average Bonchev–Trinajstić information content (AvgIpc) is 3.60. The summed E-state index contributed by atoms with van der Waals surface area (Å²) >= 11 is 0. The molecule has 0 radical (unpaired) electrons. The Labute approximate surface area is 193 Å². The zero-order valence-corrected chi connectivity index (χ0v) is 19.4. The summed E-state index contributed by atoms with van der Waals surface area (Å²) < 4.78 is 13.2. The van der Waals surface area contributed by atoms with Crippen LogP contribution in [0.4, 0.5) is 4.79 Å². The van der Waals surface area contributed by atoms with Crippen LogP contribution in [0.5, 0.6) is 5.75 Å². The quantitative estimate of drug-likeness (QED) is 0.642. The van der Waals surface area contributed by atoms with Crippen molar-refractivity contribution in [3.8, 4) is 17.0 Å². The Bertz CT molecular complexity index is 985. The second kappa shape index (κ2) is 9.80. The van der Waals surface area contributed by atoms with E-state index in [1.165, 1.54) is 0 Å². The van der Waals surface area contributed by atoms with E-state index < -0.39 is 5.97 Å². The van der Waals surface area contributed by atoms with Crippen molar-refractivity contribution in [2.75, 3.05) is 7.05 Å². The lowest BCUT2D eigenvalue weighted by molar-refractivity contribution is -0.143. The highest BCUT2D eigenvalue weighted by atomic mass is 16.6. The third kappa shape index (κ3) is 5.46. The summed E-state index contributed by atoms with van der Waals surface area (Å²) in [7, 11) is 3.55. The number of amides is 1. The van der Waals surface area contributed by atoms with Gasteiger partial charge in [0.25, 0.3) is 0 Å². The molecule has 2 aliphatic carbocycles. The molecule has 2 saturated carbocycles. The van der Waals surface area contributed by atoms with E-state index in [1.807, 2.05) is 24.3 Å². The normalized spacial score (nSPS) is 21.3. The van der Waals surface area contributed by atoms with Gasteiger partial charge >= 0.3 is 12.1 Å². The smallest absolute Gasteiger partial charge is 0.410 e. The molecule has 2 aromatic rings. The molecule has 33 heavy (non-hydrogen) atoms. The molecular formula is C24H32N4O5. The van der Waals surface area contributed by atoms with Crippen LogP contribution in [0.1, 0.15) is 51.1 Å². The molecule has 9 heteroatoms. The molecule has 0 bridgehead atoms. The van der Waals surface area contributed by atoms with E-state index in [1.54, 1.807) is 23.7 Å². The number of carbonyl (C=O) groups is 2. The SMILES string of the molecule is CC(C1CC1)N(C)C(=O)OCc1c(-c2ccc(O[C@H]3CCC[C@H](C(=O)O)C3)cc2)nnn1C. The summed E-state index contributed by atoms with van der Waals surface area (Å²) in [5.41, 5.74) is 2.20. The number of benzene rings is 1. The summed E-state index contributed by atoms with van der Waals surface area (Å²) in [4.78, 5) is 25.4. The van der Waals surface area contributed by atoms with Crippen LogP contribution in [0, 0.1) is 11.8 Å². The highest BCUT2D eigenvalue weighted by Gasteiger charge is 2.33. The monoisotopic (exact) mass is 456 g/mol. The van der Waals surface area contributed by atoms with Crippen molar-refractivity contribution in [2.45, 2.75) is 64.2 Å². The van der Waals surface area contributed by atoms with Crippen molar-refractivity contribution in [1.82, 2.24) is 19.9 Å². The maximum Gasteiger partial charge on any atom is 0.410 e. The number of rotatable bonds is 8. The highest BCUT2D eigenvalue weighted by Crippen LogP contribution is 2.35. The Morgan fingerprint density at radius 3 is 2.61 bits per heavy atom. The third-order valence-corrected chi connectivity index (χ3v) is 6.88. The summed E-state index contributed by atoms with van der Waals surface area (Å²) in [6, 6.07) is 7.67. The number of aryl methyl sites for hydroxylation is 1. The second-order valence-electron chi connectivity index (χ2n) is 9.22. The molecule has 4 rings (SSSR count). The lowest BCUT2D eigenvalue weighted by Gasteiger charge is -2.27. The van der Waals surface area contributed by atoms with E-state index in [-0.39, 0.29) is 30.8 Å². The minimum atomic E-state index is -0.747. The predicted octanol–water partition coefficient (Wildman–Crippen LogP) is 3.87. The van der Waals surface area contributed by atoms with Crippen LogP contribution in [0.2, 0.25) is 0 Å². The maximum absolute atomic E-state index is 12.5. The Balaban J connectivity index is 1.38. The zero-order chi connectivity index (χ0) is 23.5. The molecule has 0 aliphatic heterocycles. The van der Waals surface area contributed by atoms with Crippen molar-refractivity contribution in [2.24, 2.45) is 18.9 Å². The standard InChI is InChI=1S/C24H32N4O5/c1-15(16-7-8-16)27(2)24(31)32-14-21-22(25-26-28(21)3)17-9-11-19(12-10-17)33-20-6-4-5-18(13-20)23(29)30/h9-12,15-16,18,20H,4-8,13-14H2,1-3H3,(H,29,30)/t15?,18-,20-/m0/s1. The summed E-state index contributed by atoms with van der Waals surface area (Å²) in [6.07, 6.45) is 4.85. The maximum atomic E-state index is 12.5. The van der Waals surface area contributed by atoms with Gasteiger partial charge in [-0.3, -0.25) is 4.79 Å². The number of aliphatic carboxylic acids is 1. The molecule has 1 N–H and O–H groups in total. The van der Waals surface area contributed by atoms with Crippen LogP contribution in [-0.4, -0.2) is 56.3 Å². The minimum absolute atomic E-state index is 0.0797. The molecule has 2 aliphatic rings. The van der Waals surface area contributed by atoms with E-state index >= 15 is 0 Å². The van der Waals surface area contributed by atoms with Gasteiger partial charge in [0.2, 0.25) is 0 Å². The van der Waals surface area contributed by atoms with Crippen molar-refractivity contribution in [1.29, 1.82) is 0 Å². The first-order valence-electron chi connectivity index (χ1n) is 11.6. The van der Waals surface area contributed by atoms with E-state index in [2.05, 4.69) is 17.2 Å². The first kappa shape index (κ1) is 23.1. The number of carboxylic acids is 1. The molecule has 1 amide bonds. The molecule has 1 aromatic carbocycles. The van der Waals surface area contributed by atoms with Crippen LogP contribution in [-0.2, 0) is 23.2 Å². The van der Waals surface area contributed by atoms with Crippen LogP contribution in [0.15, 0.2) is 24.3 Å². The molecular weight excluding hydrogens is 424 g/mol. The van der Waals surface area contributed by atoms with E-state index in [4.69, 9.17) is 9.47 Å². The van der Waals surface area contributed by atoms with Gasteiger partial charge in [-0.1, -0.05) is 5.21 Å². The summed E-state index contributed by atoms with van der Waals surface area (Å²) in [6.45, 7) is 2.13. The lowest BCUT2D eigenvalue weighted by Crippen LogP contribution is -2.36. The van der Waals surface area contributed by atoms with Gasteiger partial charge in [0.15, 0.2) is 0 Å². The molecule has 1 heterocycles. The van der Waals surface area contributed by atoms with Crippen LogP contribution >= 0.6 is 0 Å². The van der Waals surface area contributed by atoms with Crippen molar-refractivity contribution < 1.29 is 24.2 Å². The Morgan fingerprint density at radius 1 is 1.21 bits per heavy atom. The molecule has 1 aromatic heterocycles. The van der Waals surface area contributed by atoms with Crippen LogP contribution < -0.4 is 4.74 Å². The van der Waals surface area contributed by atoms with Crippen molar-refractivity contribution in [3.05, 3.63) is 30.0 Å². The van der Waals surface area contributed by atoms with Gasteiger partial charge in [0, 0.05) is 25.7 Å². The second-order valence-corrected chi connectivity index (χ2v) is 9.22. The van der Waals surface area contributed by atoms with Gasteiger partial charge in [-0.05, 0) is 75.6 Å². The zero-order valence-electron chi connectivity index (χ0n) is 19.4. The number of carbonyl (C=O) groups excluding carboxylic acids is 1. The molecule has 3 atom stereocenters. The molecule has 0 saturated heterocycles. The van der Waals surface area contributed by atoms with Crippen molar-refractivity contribution >= 4 is 12.1 Å². The van der Waals surface area contributed by atoms with E-state index in [0.717, 1.165) is 31.2 Å². The number of hydrogen-bond acceptors (Lipinski definition) is 6. The highest BCUT2D eigenvalue weighted by molar-refractivity contribution is 5.70. The first-order chi connectivity index (χ1) is 15.8. The topological polar surface area (TPSA) is 107 Å². The van der Waals surface area contributed by atoms with Gasteiger partial charge < -0.3 is 19.5 Å². The lowest BCUT2D eigenvalue weighted by atomic mass is 9.87. The fourth-order valence-electron chi connectivity index (χ4n) is 4.42. The van der Waals surface area contributed by atoms with Gasteiger partial charge in [-0.25, -0.2) is 9.48 Å². The molecule has 0 spiro atoms. The van der Waals surface area contributed by atoms with Crippen LogP contribution in [0.25, 0.3) is 11.3 Å². The fourth-order valence-corrected chi connectivity index (χ4v) is 4.42. The molecule has 2 fully saturated rings. The number of aromatic nitrogens is 3.